The molecule has 0 rings (SSSR count). The van der Waals surface area contributed by atoms with Crippen molar-refractivity contribution in [2.45, 2.75) is 53.5 Å². The van der Waals surface area contributed by atoms with Gasteiger partial charge in [0.2, 0.25) is 5.91 Å². The van der Waals surface area contributed by atoms with Crippen molar-refractivity contribution in [1.82, 2.24) is 5.32 Å². The Labute approximate surface area is 92.1 Å². The third kappa shape index (κ3) is 19.4. The first-order valence-corrected chi connectivity index (χ1v) is 5.30. The fourth-order valence-electron chi connectivity index (χ4n) is 0.752. The van der Waals surface area contributed by atoms with Crippen LogP contribution in [0.2, 0.25) is 0 Å². The molecular weight excluding hydrogens is 194 g/mol. The van der Waals surface area contributed by atoms with Gasteiger partial charge >= 0.3 is 5.97 Å². The van der Waals surface area contributed by atoms with Crippen molar-refractivity contribution in [3.05, 3.63) is 0 Å². The highest BCUT2D eigenvalue weighted by Crippen LogP contribution is 1.98. The maximum atomic E-state index is 11.0. The number of carbonyl (C=O) groups is 2. The number of hydrogen-bond acceptors (Lipinski definition) is 2. The van der Waals surface area contributed by atoms with Crippen molar-refractivity contribution in [3.63, 3.8) is 0 Å². The zero-order chi connectivity index (χ0) is 12.4. The quantitative estimate of drug-likeness (QED) is 0.757. The van der Waals surface area contributed by atoms with Gasteiger partial charge in [0.1, 0.15) is 0 Å². The smallest absolute Gasteiger partial charge is 0.303 e. The van der Waals surface area contributed by atoms with Gasteiger partial charge in [-0.15, -0.1) is 0 Å². The Bertz CT molecular complexity index is 176. The number of carbonyl (C=O) groups excluding carboxylic acids is 1. The standard InChI is InChI=1S/C8H17NO.C3H6O2/c1-6(2)5-8(10)9-7(3)4;1-2-3(4)5/h6-7H,5H2,1-4H3,(H,9,10);2H2,1H3,(H,4,5). The summed E-state index contributed by atoms with van der Waals surface area (Å²) in [5, 5.41) is 10.6. The Morgan fingerprint density at radius 1 is 1.20 bits per heavy atom. The van der Waals surface area contributed by atoms with E-state index in [9.17, 15) is 9.59 Å². The molecular formula is C11H23NO3. The van der Waals surface area contributed by atoms with Gasteiger partial charge in [0.25, 0.3) is 0 Å². The second kappa shape index (κ2) is 9.49. The van der Waals surface area contributed by atoms with E-state index in [1.54, 1.807) is 6.92 Å². The molecule has 0 saturated carbocycles. The maximum absolute atomic E-state index is 11.0. The minimum Gasteiger partial charge on any atom is -0.481 e. The first kappa shape index (κ1) is 16.4. The molecule has 0 aliphatic rings. The molecule has 0 spiro atoms. The van der Waals surface area contributed by atoms with E-state index in [4.69, 9.17) is 5.11 Å². The minimum atomic E-state index is -0.745. The summed E-state index contributed by atoms with van der Waals surface area (Å²) >= 11 is 0. The summed E-state index contributed by atoms with van der Waals surface area (Å²) in [6, 6.07) is 0.270. The summed E-state index contributed by atoms with van der Waals surface area (Å²) in [7, 11) is 0. The van der Waals surface area contributed by atoms with Crippen molar-refractivity contribution in [1.29, 1.82) is 0 Å². The number of rotatable bonds is 4. The molecule has 0 fully saturated rings. The van der Waals surface area contributed by atoms with Crippen LogP contribution in [0.15, 0.2) is 0 Å². The molecule has 0 aliphatic heterocycles. The second-order valence-corrected chi connectivity index (χ2v) is 4.07. The Morgan fingerprint density at radius 2 is 1.60 bits per heavy atom. The van der Waals surface area contributed by atoms with E-state index >= 15 is 0 Å². The monoisotopic (exact) mass is 217 g/mol. The molecule has 15 heavy (non-hydrogen) atoms. The average molecular weight is 217 g/mol. The summed E-state index contributed by atoms with van der Waals surface area (Å²) in [5.41, 5.74) is 0. The molecule has 4 nitrogen and oxygen atoms in total. The van der Waals surface area contributed by atoms with Crippen molar-refractivity contribution in [2.24, 2.45) is 5.92 Å². The molecule has 2 N–H and O–H groups in total. The molecule has 0 aromatic rings. The zero-order valence-electron chi connectivity index (χ0n) is 10.3. The largest absolute Gasteiger partial charge is 0.481 e. The molecule has 4 heteroatoms. The summed E-state index contributed by atoms with van der Waals surface area (Å²) in [6.07, 6.45) is 0.859. The van der Waals surface area contributed by atoms with Crippen LogP contribution in [0.25, 0.3) is 0 Å². The van der Waals surface area contributed by atoms with E-state index in [0.29, 0.717) is 12.3 Å². The van der Waals surface area contributed by atoms with Gasteiger partial charge in [-0.3, -0.25) is 9.59 Å². The van der Waals surface area contributed by atoms with Crippen LogP contribution in [0, 0.1) is 5.92 Å². The summed E-state index contributed by atoms with van der Waals surface area (Å²) in [6.45, 7) is 9.62. The van der Waals surface area contributed by atoms with Crippen molar-refractivity contribution in [2.75, 3.05) is 0 Å². The van der Waals surface area contributed by atoms with Crippen LogP contribution < -0.4 is 5.32 Å². The number of hydrogen-bond donors (Lipinski definition) is 2. The molecule has 0 aliphatic carbocycles. The molecule has 0 atom stereocenters. The summed E-state index contributed by atoms with van der Waals surface area (Å²) < 4.78 is 0. The Kier molecular flexibility index (Phi) is 10.4. The van der Waals surface area contributed by atoms with Crippen molar-refractivity contribution >= 4 is 11.9 Å². The predicted octanol–water partition coefficient (Wildman–Crippen LogP) is 2.04. The van der Waals surface area contributed by atoms with E-state index < -0.39 is 5.97 Å². The van der Waals surface area contributed by atoms with Crippen molar-refractivity contribution < 1.29 is 14.7 Å². The predicted molar refractivity (Wildman–Crippen MR) is 60.7 cm³/mol. The lowest BCUT2D eigenvalue weighted by Gasteiger charge is -2.09. The summed E-state index contributed by atoms with van der Waals surface area (Å²) in [4.78, 5) is 20.3. The van der Waals surface area contributed by atoms with Gasteiger partial charge in [0, 0.05) is 18.9 Å². The van der Waals surface area contributed by atoms with E-state index in [1.165, 1.54) is 0 Å². The fraction of sp³-hybridized carbons (Fsp3) is 0.818. The zero-order valence-corrected chi connectivity index (χ0v) is 10.3. The van der Waals surface area contributed by atoms with E-state index in [1.807, 2.05) is 27.7 Å². The van der Waals surface area contributed by atoms with Crippen molar-refractivity contribution in [3.8, 4) is 0 Å². The van der Waals surface area contributed by atoms with E-state index in [0.717, 1.165) is 0 Å². The van der Waals surface area contributed by atoms with E-state index in [-0.39, 0.29) is 18.4 Å². The molecule has 1 amide bonds. The SMILES string of the molecule is CC(C)CC(=O)NC(C)C.CCC(=O)O. The van der Waals surface area contributed by atoms with Gasteiger partial charge in [-0.25, -0.2) is 0 Å². The number of carboxylic acids is 1. The molecule has 0 aromatic heterocycles. The second-order valence-electron chi connectivity index (χ2n) is 4.07. The number of aliphatic carboxylic acids is 1. The third-order valence-electron chi connectivity index (χ3n) is 1.35. The maximum Gasteiger partial charge on any atom is 0.303 e. The number of carboxylic acid groups (broad SMARTS) is 1. The lowest BCUT2D eigenvalue weighted by Crippen LogP contribution is -2.30. The molecule has 0 saturated heterocycles. The number of amides is 1. The highest BCUT2D eigenvalue weighted by Gasteiger charge is 2.04. The van der Waals surface area contributed by atoms with Crippen LogP contribution in [0.1, 0.15) is 47.5 Å². The van der Waals surface area contributed by atoms with E-state index in [2.05, 4.69) is 5.32 Å². The average Bonchev–Trinajstić information content (AvgIpc) is 2.01. The molecule has 0 unspecified atom stereocenters. The van der Waals surface area contributed by atoms with Gasteiger partial charge in [-0.1, -0.05) is 20.8 Å². The van der Waals surface area contributed by atoms with Gasteiger partial charge in [-0.2, -0.15) is 0 Å². The first-order valence-electron chi connectivity index (χ1n) is 5.30. The van der Waals surface area contributed by atoms with Crippen LogP contribution in [0.4, 0.5) is 0 Å². The van der Waals surface area contributed by atoms with Gasteiger partial charge in [0.15, 0.2) is 0 Å². The highest BCUT2D eigenvalue weighted by atomic mass is 16.4. The highest BCUT2D eigenvalue weighted by molar-refractivity contribution is 5.76. The van der Waals surface area contributed by atoms with Gasteiger partial charge in [-0.05, 0) is 19.8 Å². The molecule has 90 valence electrons. The van der Waals surface area contributed by atoms with Crippen LogP contribution in [0.3, 0.4) is 0 Å². The Balaban J connectivity index is 0. The molecule has 0 bridgehead atoms. The lowest BCUT2D eigenvalue weighted by molar-refractivity contribution is -0.136. The van der Waals surface area contributed by atoms with Crippen LogP contribution in [-0.4, -0.2) is 23.0 Å². The normalized spacial score (nSPS) is 9.53. The molecule has 0 radical (unpaired) electrons. The number of nitrogens with one attached hydrogen (secondary N) is 1. The van der Waals surface area contributed by atoms with Crippen LogP contribution in [0.5, 0.6) is 0 Å². The minimum absolute atomic E-state index is 0.157. The summed E-state index contributed by atoms with van der Waals surface area (Å²) in [5.74, 6) is -0.131. The van der Waals surface area contributed by atoms with Gasteiger partial charge < -0.3 is 10.4 Å². The fourth-order valence-corrected chi connectivity index (χ4v) is 0.752. The third-order valence-corrected chi connectivity index (χ3v) is 1.35. The van der Waals surface area contributed by atoms with Crippen LogP contribution >= 0.6 is 0 Å². The molecule has 0 aromatic carbocycles. The van der Waals surface area contributed by atoms with Gasteiger partial charge in [0.05, 0.1) is 0 Å². The Morgan fingerprint density at radius 3 is 1.80 bits per heavy atom. The first-order chi connectivity index (χ1) is 6.79. The topological polar surface area (TPSA) is 66.4 Å². The Hall–Kier alpha value is -1.06. The van der Waals surface area contributed by atoms with Crippen LogP contribution in [-0.2, 0) is 9.59 Å². The lowest BCUT2D eigenvalue weighted by atomic mass is 10.1. The molecule has 0 heterocycles.